The highest BCUT2D eigenvalue weighted by Crippen LogP contribution is 2.37. The molecular formula is C62H61ClN4O6. The molecule has 11 heteroatoms. The van der Waals surface area contributed by atoms with Crippen molar-refractivity contribution in [3.8, 4) is 11.5 Å². The summed E-state index contributed by atoms with van der Waals surface area (Å²) in [4.78, 5) is 40.8. The van der Waals surface area contributed by atoms with Gasteiger partial charge in [0.1, 0.15) is 22.5 Å². The number of unbranched alkanes of at least 4 members (excludes halogenated alkanes) is 10. The maximum absolute atomic E-state index is 11.0. The molecule has 1 N–H and O–H groups in total. The molecule has 0 spiro atoms. The number of para-hydroxylation sites is 2. The van der Waals surface area contributed by atoms with Gasteiger partial charge in [-0.25, -0.2) is 24.7 Å². The average Bonchev–Trinajstić information content (AvgIpc) is 3.43. The average molecular weight is 994 g/mol. The lowest BCUT2D eigenvalue weighted by molar-refractivity contribution is -0.137. The fraction of sp³-hybridized carbons (Fsp3) is 0.258. The third-order valence-electron chi connectivity index (χ3n) is 12.8. The van der Waals surface area contributed by atoms with Gasteiger partial charge in [0, 0.05) is 34.2 Å². The van der Waals surface area contributed by atoms with E-state index >= 15 is 0 Å². The van der Waals surface area contributed by atoms with Crippen LogP contribution in [0, 0.1) is 0 Å². The summed E-state index contributed by atoms with van der Waals surface area (Å²) in [5, 5.41) is 17.6. The molecule has 372 valence electrons. The Bertz CT molecular complexity index is 3550. The van der Waals surface area contributed by atoms with Crippen molar-refractivity contribution in [2.75, 3.05) is 26.4 Å². The summed E-state index contributed by atoms with van der Waals surface area (Å²) in [5.74, 6) is 1.23. The van der Waals surface area contributed by atoms with E-state index in [0.717, 1.165) is 147 Å². The van der Waals surface area contributed by atoms with Gasteiger partial charge in [-0.1, -0.05) is 174 Å². The molecule has 0 saturated carbocycles. The number of aromatic nitrogens is 4. The van der Waals surface area contributed by atoms with E-state index in [0.29, 0.717) is 26.4 Å². The lowest BCUT2D eigenvalue weighted by Crippen LogP contribution is -2.01. The molecular weight excluding hydrogens is 932 g/mol. The van der Waals surface area contributed by atoms with Crippen molar-refractivity contribution < 1.29 is 28.9 Å². The molecule has 0 aliphatic carbocycles. The molecule has 2 aromatic heterocycles. The number of hydrogen-bond donors (Lipinski definition) is 1. The van der Waals surface area contributed by atoms with Gasteiger partial charge >= 0.3 is 5.97 Å². The predicted molar refractivity (Wildman–Crippen MR) is 300 cm³/mol. The molecule has 0 amide bonds. The number of halogens is 1. The Kier molecular flexibility index (Phi) is 18.6. The normalized spacial score (nSPS) is 11.2. The Balaban J connectivity index is 0.000000179. The molecule has 73 heavy (non-hydrogen) atoms. The number of carbonyl (C=O) groups excluding carboxylic acids is 2. The van der Waals surface area contributed by atoms with Crippen LogP contribution in [0.4, 0.5) is 0 Å². The molecule has 8 aromatic carbocycles. The van der Waals surface area contributed by atoms with Crippen LogP contribution in [0.25, 0.3) is 87.2 Å². The van der Waals surface area contributed by atoms with E-state index in [-0.39, 0.29) is 5.97 Å². The zero-order valence-corrected chi connectivity index (χ0v) is 42.0. The Morgan fingerprint density at radius 2 is 0.740 bits per heavy atom. The van der Waals surface area contributed by atoms with E-state index < -0.39 is 5.24 Å². The van der Waals surface area contributed by atoms with Crippen LogP contribution in [0.5, 0.6) is 11.5 Å². The Hall–Kier alpha value is -7.53. The third kappa shape index (κ3) is 12.9. The first-order chi connectivity index (χ1) is 35.9. The Labute approximate surface area is 430 Å². The number of hydrogen-bond acceptors (Lipinski definition) is 10. The number of aliphatic hydroxyl groups excluding tert-OH is 1. The van der Waals surface area contributed by atoms with Crippen LogP contribution < -0.4 is 9.47 Å². The van der Waals surface area contributed by atoms with Crippen molar-refractivity contribution in [2.24, 2.45) is 0 Å². The molecule has 0 radical (unpaired) electrons. The van der Waals surface area contributed by atoms with Crippen molar-refractivity contribution in [3.63, 3.8) is 0 Å². The second-order valence-electron chi connectivity index (χ2n) is 17.8. The minimum absolute atomic E-state index is 0.297. The number of fused-ring (bicyclic) bond motifs is 14. The fourth-order valence-corrected chi connectivity index (χ4v) is 9.21. The zero-order valence-electron chi connectivity index (χ0n) is 41.2. The number of benzene rings is 8. The molecule has 0 aliphatic heterocycles. The standard InChI is InChI=1S/C31H30N2O3.C28H28N2O2.C3H3ClO/c1-2-28(34)36-21-12-6-4-3-5-11-20-35-27-19-13-18-26-31(27)33-30-25-17-10-8-15-23(25)22-14-7-9-16-24(22)29(30)32-26;31-18-9-3-1-2-4-10-19-32-25-17-11-16-24-28(25)30-27-23-15-8-6-13-21(23)20-12-5-7-14-22(20)26(27)29-24;1-2-3(4)5/h2,7-10,13-19H,1,3-6,11-12,20-21H2;5-8,11-17,31H,1-4,9-10,18-19H2;2H,1H2. The fourth-order valence-electron chi connectivity index (χ4n) is 9.21. The quantitative estimate of drug-likeness (QED) is 0.0185. The number of esters is 1. The third-order valence-corrected chi connectivity index (χ3v) is 13.0. The first kappa shape index (κ1) is 51.8. The van der Waals surface area contributed by atoms with Crippen LogP contribution in [0.3, 0.4) is 0 Å². The molecule has 10 rings (SSSR count). The lowest BCUT2D eigenvalue weighted by Gasteiger charge is -2.12. The summed E-state index contributed by atoms with van der Waals surface area (Å²) in [5.41, 5.74) is 7.03. The minimum atomic E-state index is -0.509. The topological polar surface area (TPSA) is 134 Å². The number of carbonyl (C=O) groups is 2. The maximum Gasteiger partial charge on any atom is 0.330 e. The summed E-state index contributed by atoms with van der Waals surface area (Å²) in [6, 6.07) is 45.6. The minimum Gasteiger partial charge on any atom is -0.491 e. The summed E-state index contributed by atoms with van der Waals surface area (Å²) >= 11 is 4.71. The molecule has 0 saturated heterocycles. The van der Waals surface area contributed by atoms with Gasteiger partial charge in [0.15, 0.2) is 0 Å². The van der Waals surface area contributed by atoms with E-state index in [1.807, 2.05) is 36.4 Å². The molecule has 0 bridgehead atoms. The van der Waals surface area contributed by atoms with E-state index in [9.17, 15) is 9.59 Å². The first-order valence-corrected chi connectivity index (χ1v) is 25.7. The zero-order chi connectivity index (χ0) is 50.8. The van der Waals surface area contributed by atoms with Crippen LogP contribution in [0.15, 0.2) is 159 Å². The van der Waals surface area contributed by atoms with Crippen LogP contribution >= 0.6 is 11.6 Å². The summed E-state index contributed by atoms with van der Waals surface area (Å²) in [6.45, 7) is 8.57. The van der Waals surface area contributed by atoms with Gasteiger partial charge in [-0.2, -0.15) is 0 Å². The molecule has 0 atom stereocenters. The van der Waals surface area contributed by atoms with E-state index in [4.69, 9.17) is 50.9 Å². The molecule has 0 aliphatic rings. The Morgan fingerprint density at radius 1 is 0.411 bits per heavy atom. The monoisotopic (exact) mass is 992 g/mol. The molecule has 10 nitrogen and oxygen atoms in total. The van der Waals surface area contributed by atoms with Crippen molar-refractivity contribution in [2.45, 2.75) is 77.0 Å². The highest BCUT2D eigenvalue weighted by molar-refractivity contribution is 6.66. The van der Waals surface area contributed by atoms with E-state index in [1.165, 1.54) is 40.5 Å². The number of aliphatic hydroxyl groups is 1. The van der Waals surface area contributed by atoms with Gasteiger partial charge in [-0.15, -0.1) is 0 Å². The van der Waals surface area contributed by atoms with E-state index in [1.54, 1.807) is 0 Å². The molecule has 0 unspecified atom stereocenters. The maximum atomic E-state index is 11.0. The highest BCUT2D eigenvalue weighted by Gasteiger charge is 2.16. The van der Waals surface area contributed by atoms with Gasteiger partial charge in [-0.3, -0.25) is 4.79 Å². The van der Waals surface area contributed by atoms with Gasteiger partial charge in [0.25, 0.3) is 0 Å². The number of rotatable bonds is 21. The number of nitrogens with zero attached hydrogens (tertiary/aromatic N) is 4. The SMILES string of the molecule is C=CC(=O)Cl.C=CC(=O)OCCCCCCCCOc1cccc2nc3c4ccccc4c4ccccc4c3nc12.OCCCCCCCCOc1cccc2nc3c4ccccc4c4ccccc4c3nc12. The van der Waals surface area contributed by atoms with Crippen molar-refractivity contribution >= 4 is 110 Å². The highest BCUT2D eigenvalue weighted by atomic mass is 35.5. The number of allylic oxidation sites excluding steroid dienone is 1. The van der Waals surface area contributed by atoms with Crippen molar-refractivity contribution in [1.82, 2.24) is 19.9 Å². The summed E-state index contributed by atoms with van der Waals surface area (Å²) in [7, 11) is 0. The molecule has 10 aromatic rings. The molecule has 2 heterocycles. The predicted octanol–water partition coefficient (Wildman–Crippen LogP) is 15.3. The second-order valence-corrected chi connectivity index (χ2v) is 18.2. The van der Waals surface area contributed by atoms with Gasteiger partial charge < -0.3 is 19.3 Å². The Morgan fingerprint density at radius 3 is 1.10 bits per heavy atom. The van der Waals surface area contributed by atoms with Gasteiger partial charge in [0.05, 0.1) is 52.9 Å². The second kappa shape index (κ2) is 26.2. The van der Waals surface area contributed by atoms with E-state index in [2.05, 4.69) is 110 Å². The van der Waals surface area contributed by atoms with Crippen LogP contribution in [-0.4, -0.2) is 62.7 Å². The van der Waals surface area contributed by atoms with Crippen molar-refractivity contribution in [1.29, 1.82) is 0 Å². The van der Waals surface area contributed by atoms with Gasteiger partial charge in [-0.05, 0) is 89.2 Å². The van der Waals surface area contributed by atoms with Crippen molar-refractivity contribution in [3.05, 3.63) is 159 Å². The smallest absolute Gasteiger partial charge is 0.330 e. The number of ether oxygens (including phenoxy) is 3. The summed E-state index contributed by atoms with van der Waals surface area (Å²) < 4.78 is 17.3. The lowest BCUT2D eigenvalue weighted by atomic mass is 9.99. The largest absolute Gasteiger partial charge is 0.491 e. The molecule has 0 fully saturated rings. The van der Waals surface area contributed by atoms with Gasteiger partial charge in [0.2, 0.25) is 5.24 Å². The summed E-state index contributed by atoms with van der Waals surface area (Å²) in [6.07, 6.45) is 15.1. The van der Waals surface area contributed by atoms with Crippen LogP contribution in [0.1, 0.15) is 77.0 Å². The van der Waals surface area contributed by atoms with Crippen LogP contribution in [0.2, 0.25) is 0 Å². The first-order valence-electron chi connectivity index (χ1n) is 25.4. The van der Waals surface area contributed by atoms with Crippen LogP contribution in [-0.2, 0) is 14.3 Å².